The molecular formula is C40H51NO14. The molecule has 4 aliphatic rings. The minimum Gasteiger partial charge on any atom is -0.505 e. The first kappa shape index (κ1) is 42.9. The molecule has 3 heterocycles. The Morgan fingerprint density at radius 3 is 2.11 bits per heavy atom. The van der Waals surface area contributed by atoms with Crippen LogP contribution in [-0.4, -0.2) is 98.2 Å². The third-order valence-electron chi connectivity index (χ3n) is 10.6. The molecule has 0 fully saturated rings. The number of Topliss-reactive ketones (excluding diaryl/α,β-unsaturated/α-hetero) is 1. The minimum absolute atomic E-state index is 0.00256. The van der Waals surface area contributed by atoms with Crippen LogP contribution in [0.1, 0.15) is 76.9 Å². The van der Waals surface area contributed by atoms with Crippen LogP contribution in [0.15, 0.2) is 52.5 Å². The molecule has 0 spiro atoms. The quantitative estimate of drug-likeness (QED) is 0.130. The number of carbonyl (C=O) groups is 4. The van der Waals surface area contributed by atoms with Crippen molar-refractivity contribution in [1.82, 2.24) is 0 Å². The van der Waals surface area contributed by atoms with E-state index < -0.39 is 89.9 Å². The van der Waals surface area contributed by atoms with E-state index in [1.165, 1.54) is 66.7 Å². The van der Waals surface area contributed by atoms with Crippen LogP contribution >= 0.6 is 0 Å². The predicted molar refractivity (Wildman–Crippen MR) is 198 cm³/mol. The number of methoxy groups -OCH3 is 1. The second-order valence-electron chi connectivity index (χ2n) is 14.7. The Hall–Kier alpha value is -4.80. The summed E-state index contributed by atoms with van der Waals surface area (Å²) < 4.78 is 22.3. The molecule has 1 aromatic rings. The number of aliphatic hydroxyl groups is 5. The van der Waals surface area contributed by atoms with Gasteiger partial charge in [0, 0.05) is 47.0 Å². The first-order chi connectivity index (χ1) is 25.6. The third-order valence-corrected chi connectivity index (χ3v) is 10.6. The van der Waals surface area contributed by atoms with Crippen molar-refractivity contribution in [1.29, 1.82) is 0 Å². The van der Waals surface area contributed by atoms with Crippen LogP contribution < -0.4 is 10.1 Å². The fourth-order valence-corrected chi connectivity index (χ4v) is 7.28. The number of benzene rings is 1. The van der Waals surface area contributed by atoms with Gasteiger partial charge in [0.05, 0.1) is 48.3 Å². The SMILES string of the molecule is COC(=O)[C@@H]1[C@H](O)[C@H](C)[C@H](O)[C@H](C)/C=C\C=C(/C)C(=O)Nc2c(C)c(OC(C)=O)c3c(c2O)C(=O)C(C)=C2OCOC(=C23)/C(C)=C/[C@](C)(O)[C@H](O)[C@H](C)[C@@H]1O. The first-order valence-corrected chi connectivity index (χ1v) is 17.8. The monoisotopic (exact) mass is 769 g/mol. The number of hydrogen-bond acceptors (Lipinski definition) is 14. The molecule has 1 aromatic carbocycles. The molecule has 4 bridgehead atoms. The lowest BCUT2D eigenvalue weighted by Crippen LogP contribution is -2.53. The number of fused-ring (bicyclic) bond motifs is 14. The van der Waals surface area contributed by atoms with Gasteiger partial charge in [-0.2, -0.15) is 0 Å². The molecule has 0 aromatic heterocycles. The summed E-state index contributed by atoms with van der Waals surface area (Å²) in [6.07, 6.45) is -0.878. The summed E-state index contributed by atoms with van der Waals surface area (Å²) in [5.41, 5.74) is -2.34. The van der Waals surface area contributed by atoms with Crippen LogP contribution in [0.25, 0.3) is 5.57 Å². The number of nitrogens with one attached hydrogen (secondary N) is 1. The van der Waals surface area contributed by atoms with Crippen LogP contribution in [0.4, 0.5) is 5.69 Å². The highest BCUT2D eigenvalue weighted by Gasteiger charge is 2.47. The summed E-state index contributed by atoms with van der Waals surface area (Å²) in [4.78, 5) is 53.0. The fourth-order valence-electron chi connectivity index (χ4n) is 7.28. The molecule has 0 saturated carbocycles. The van der Waals surface area contributed by atoms with Crippen molar-refractivity contribution >= 4 is 34.9 Å². The molecule has 55 heavy (non-hydrogen) atoms. The van der Waals surface area contributed by atoms with Crippen molar-refractivity contribution in [2.24, 2.45) is 23.7 Å². The van der Waals surface area contributed by atoms with E-state index in [4.69, 9.17) is 18.9 Å². The normalized spacial score (nSPS) is 33.3. The zero-order chi connectivity index (χ0) is 41.4. The summed E-state index contributed by atoms with van der Waals surface area (Å²) in [6, 6.07) is 0. The van der Waals surface area contributed by atoms with Gasteiger partial charge in [0.2, 0.25) is 6.79 Å². The van der Waals surface area contributed by atoms with Crippen LogP contribution in [0, 0.1) is 30.6 Å². The van der Waals surface area contributed by atoms with Gasteiger partial charge in [-0.15, -0.1) is 0 Å². The number of phenolic OH excluding ortho intramolecular Hbond substituents is 1. The predicted octanol–water partition coefficient (Wildman–Crippen LogP) is 3.10. The van der Waals surface area contributed by atoms with Gasteiger partial charge in [-0.05, 0) is 46.3 Å². The lowest BCUT2D eigenvalue weighted by Gasteiger charge is -2.39. The zero-order valence-electron chi connectivity index (χ0n) is 32.6. The minimum atomic E-state index is -2.17. The first-order valence-electron chi connectivity index (χ1n) is 17.8. The van der Waals surface area contributed by atoms with Gasteiger partial charge in [0.15, 0.2) is 11.5 Å². The van der Waals surface area contributed by atoms with Crippen LogP contribution in [0.2, 0.25) is 0 Å². The fraction of sp³-hybridized carbons (Fsp3) is 0.500. The highest BCUT2D eigenvalue weighted by atomic mass is 16.7. The molecule has 15 nitrogen and oxygen atoms in total. The number of anilines is 1. The van der Waals surface area contributed by atoms with Gasteiger partial charge in [0.25, 0.3) is 5.91 Å². The summed E-state index contributed by atoms with van der Waals surface area (Å²) in [5, 5.41) is 71.8. The van der Waals surface area contributed by atoms with Gasteiger partial charge in [0.1, 0.15) is 28.8 Å². The number of ether oxygens (including phenoxy) is 4. The highest BCUT2D eigenvalue weighted by molar-refractivity contribution is 6.21. The molecular weight excluding hydrogens is 718 g/mol. The van der Waals surface area contributed by atoms with E-state index >= 15 is 0 Å². The molecule has 9 atom stereocenters. The summed E-state index contributed by atoms with van der Waals surface area (Å²) >= 11 is 0. The van der Waals surface area contributed by atoms with E-state index in [9.17, 15) is 49.8 Å². The standard InChI is InChI=1S/C40H51NO14/c1-16-12-11-13-17(2)38(49)41-28-19(4)36(55-23(8)42)24-25(33(28)47)31(45)21(6)35-26(24)34(53-15-54-35)18(3)14-40(9,51)37(48)22(7)32(46)27(39(50)52-10)30(44)20(5)29(16)43/h11-14,16,20,22,27,29-30,32,37,43-44,46-48,51H,15H2,1-10H3,(H,41,49)/b12-11-,17-13+,18-14+/t16-,20-,22-,27-,29-,30-,32+,37-,40+/m1/s1. The van der Waals surface area contributed by atoms with Crippen LogP contribution in [0.5, 0.6) is 11.5 Å². The molecule has 1 aliphatic carbocycles. The molecule has 15 heteroatoms. The second kappa shape index (κ2) is 16.5. The lowest BCUT2D eigenvalue weighted by atomic mass is 9.75. The average Bonchev–Trinajstić information content (AvgIpc) is 3.13. The Balaban J connectivity index is 2.07. The van der Waals surface area contributed by atoms with Crippen molar-refractivity contribution in [3.05, 3.63) is 69.2 Å². The summed E-state index contributed by atoms with van der Waals surface area (Å²) in [7, 11) is 1.06. The van der Waals surface area contributed by atoms with Crippen molar-refractivity contribution < 1.29 is 68.8 Å². The Morgan fingerprint density at radius 1 is 0.909 bits per heavy atom. The van der Waals surface area contributed by atoms with E-state index in [1.807, 2.05) is 0 Å². The van der Waals surface area contributed by atoms with E-state index in [2.05, 4.69) is 5.32 Å². The molecule has 3 aliphatic heterocycles. The second-order valence-corrected chi connectivity index (χ2v) is 14.7. The van der Waals surface area contributed by atoms with Crippen LogP contribution in [-0.2, 0) is 28.6 Å². The number of carbonyl (C=O) groups excluding carboxylic acids is 4. The molecule has 300 valence electrons. The Kier molecular flexibility index (Phi) is 12.9. The zero-order valence-corrected chi connectivity index (χ0v) is 32.6. The number of allylic oxidation sites excluding steroid dienone is 5. The van der Waals surface area contributed by atoms with Gasteiger partial charge in [-0.25, -0.2) is 0 Å². The molecule has 5 rings (SSSR count). The third kappa shape index (κ3) is 8.12. The molecule has 0 unspecified atom stereocenters. The van der Waals surface area contributed by atoms with Gasteiger partial charge in [-0.3, -0.25) is 19.2 Å². The number of amides is 1. The number of esters is 2. The topological polar surface area (TPSA) is 239 Å². The summed E-state index contributed by atoms with van der Waals surface area (Å²) in [6.45, 7) is 12.3. The molecule has 7 N–H and O–H groups in total. The maximum absolute atomic E-state index is 14.0. The number of ketones is 1. The molecule has 0 saturated heterocycles. The number of hydrogen-bond donors (Lipinski definition) is 7. The smallest absolute Gasteiger partial charge is 0.313 e. The summed E-state index contributed by atoms with van der Waals surface area (Å²) in [5.74, 6) is -8.68. The van der Waals surface area contributed by atoms with E-state index in [0.717, 1.165) is 14.0 Å². The Bertz CT molecular complexity index is 1920. The largest absolute Gasteiger partial charge is 0.505 e. The van der Waals surface area contributed by atoms with Gasteiger partial charge < -0.3 is 54.9 Å². The average molecular weight is 770 g/mol. The van der Waals surface area contributed by atoms with Crippen LogP contribution in [0.3, 0.4) is 0 Å². The number of aromatic hydroxyl groups is 1. The van der Waals surface area contributed by atoms with Gasteiger partial charge in [-0.1, -0.05) is 39.0 Å². The van der Waals surface area contributed by atoms with Crippen molar-refractivity contribution in [3.8, 4) is 11.5 Å². The maximum Gasteiger partial charge on any atom is 0.313 e. The highest BCUT2D eigenvalue weighted by Crippen LogP contribution is 2.53. The van der Waals surface area contributed by atoms with Gasteiger partial charge >= 0.3 is 11.9 Å². The number of phenols is 1. The molecule has 0 radical (unpaired) electrons. The van der Waals surface area contributed by atoms with E-state index in [0.29, 0.717) is 0 Å². The number of rotatable bonds is 2. The van der Waals surface area contributed by atoms with Crippen molar-refractivity contribution in [2.75, 3.05) is 19.2 Å². The molecule has 1 amide bonds. The Morgan fingerprint density at radius 2 is 1.51 bits per heavy atom. The van der Waals surface area contributed by atoms with Crippen molar-refractivity contribution in [2.45, 2.75) is 92.3 Å². The van der Waals surface area contributed by atoms with E-state index in [1.54, 1.807) is 13.0 Å². The lowest BCUT2D eigenvalue weighted by molar-refractivity contribution is -0.168. The van der Waals surface area contributed by atoms with E-state index in [-0.39, 0.29) is 61.9 Å². The Labute approximate surface area is 319 Å². The number of aliphatic hydroxyl groups excluding tert-OH is 4. The van der Waals surface area contributed by atoms with Crippen molar-refractivity contribution in [3.63, 3.8) is 0 Å². The maximum atomic E-state index is 14.0.